The quantitative estimate of drug-likeness (QED) is 0.864. The molecule has 1 heterocycles. The highest BCUT2D eigenvalue weighted by Gasteiger charge is 2.21. The van der Waals surface area contributed by atoms with E-state index in [1.54, 1.807) is 42.6 Å². The summed E-state index contributed by atoms with van der Waals surface area (Å²) in [5.41, 5.74) is 0.688. The minimum atomic E-state index is -2.83. The molecule has 1 aromatic heterocycles. The monoisotopic (exact) mass is 347 g/mol. The predicted octanol–water partition coefficient (Wildman–Crippen LogP) is 4.42. The van der Waals surface area contributed by atoms with Crippen molar-refractivity contribution in [3.8, 4) is 5.75 Å². The van der Waals surface area contributed by atoms with E-state index in [1.165, 1.54) is 0 Å². The lowest BCUT2D eigenvalue weighted by Gasteiger charge is -2.19. The summed E-state index contributed by atoms with van der Waals surface area (Å²) in [5.74, 6) is 0.192. The van der Waals surface area contributed by atoms with Crippen LogP contribution in [0.15, 0.2) is 40.2 Å². The molecule has 0 aliphatic heterocycles. The minimum absolute atomic E-state index is 0.190. The van der Waals surface area contributed by atoms with Gasteiger partial charge in [-0.25, -0.2) is 0 Å². The van der Waals surface area contributed by atoms with E-state index in [-0.39, 0.29) is 11.8 Å². The minimum Gasteiger partial charge on any atom is -0.434 e. The smallest absolute Gasteiger partial charge is 0.387 e. The van der Waals surface area contributed by atoms with E-state index in [1.807, 2.05) is 11.4 Å². The van der Waals surface area contributed by atoms with Gasteiger partial charge in [0.25, 0.3) is 0 Å². The van der Waals surface area contributed by atoms with Crippen LogP contribution in [0.5, 0.6) is 5.75 Å². The Morgan fingerprint density at radius 2 is 2.00 bits per heavy atom. The number of halogens is 3. The molecule has 0 saturated carbocycles. The first kappa shape index (κ1) is 14.4. The molecular formula is C13H12BrF2NOS. The van der Waals surface area contributed by atoms with Crippen LogP contribution in [0, 0.1) is 0 Å². The molecule has 1 aromatic carbocycles. The van der Waals surface area contributed by atoms with Gasteiger partial charge in [0, 0.05) is 14.9 Å². The summed E-state index contributed by atoms with van der Waals surface area (Å²) < 4.78 is 30.4. The Balaban J connectivity index is 2.41. The number of ether oxygens (including phenoxy) is 1. The lowest BCUT2D eigenvalue weighted by molar-refractivity contribution is -0.0506. The van der Waals surface area contributed by atoms with E-state index < -0.39 is 6.61 Å². The van der Waals surface area contributed by atoms with Gasteiger partial charge in [-0.15, -0.1) is 11.3 Å². The highest BCUT2D eigenvalue weighted by Crippen LogP contribution is 2.37. The fourth-order valence-electron chi connectivity index (χ4n) is 1.86. The summed E-state index contributed by atoms with van der Waals surface area (Å²) in [5, 5.41) is 5.08. The summed E-state index contributed by atoms with van der Waals surface area (Å²) in [6.45, 7) is -2.83. The fraction of sp³-hybridized carbons (Fsp3) is 0.231. The largest absolute Gasteiger partial charge is 0.434 e. The van der Waals surface area contributed by atoms with Gasteiger partial charge in [0.2, 0.25) is 0 Å². The maximum absolute atomic E-state index is 12.4. The molecular weight excluding hydrogens is 336 g/mol. The summed E-state index contributed by atoms with van der Waals surface area (Å²) in [6, 6.07) is 8.56. The van der Waals surface area contributed by atoms with Gasteiger partial charge >= 0.3 is 6.61 Å². The molecule has 1 unspecified atom stereocenters. The standard InChI is InChI=1S/C13H12BrF2NOS/c1-17-11(12-9(14)6-7-19-12)8-4-2-3-5-10(8)18-13(15)16/h2-7,11,13,17H,1H3. The molecule has 1 atom stereocenters. The first-order valence-electron chi connectivity index (χ1n) is 5.57. The van der Waals surface area contributed by atoms with Crippen LogP contribution in [-0.2, 0) is 0 Å². The van der Waals surface area contributed by atoms with E-state index in [0.717, 1.165) is 9.35 Å². The lowest BCUT2D eigenvalue weighted by atomic mass is 10.0. The maximum atomic E-state index is 12.4. The van der Waals surface area contributed by atoms with Gasteiger partial charge < -0.3 is 10.1 Å². The number of alkyl halides is 2. The third kappa shape index (κ3) is 3.32. The van der Waals surface area contributed by atoms with Crippen LogP contribution in [0.3, 0.4) is 0 Å². The van der Waals surface area contributed by atoms with Crippen molar-refractivity contribution in [1.29, 1.82) is 0 Å². The van der Waals surface area contributed by atoms with Crippen molar-refractivity contribution < 1.29 is 13.5 Å². The van der Waals surface area contributed by atoms with E-state index in [0.29, 0.717) is 5.56 Å². The van der Waals surface area contributed by atoms with E-state index >= 15 is 0 Å². The number of rotatable bonds is 5. The Morgan fingerprint density at radius 1 is 1.26 bits per heavy atom. The zero-order valence-corrected chi connectivity index (χ0v) is 12.5. The van der Waals surface area contributed by atoms with Crippen LogP contribution in [-0.4, -0.2) is 13.7 Å². The summed E-state index contributed by atoms with van der Waals surface area (Å²) in [6.07, 6.45) is 0. The fourth-order valence-corrected chi connectivity index (χ4v) is 3.59. The van der Waals surface area contributed by atoms with Crippen LogP contribution >= 0.6 is 27.3 Å². The van der Waals surface area contributed by atoms with Crippen molar-refractivity contribution in [3.05, 3.63) is 50.6 Å². The Hall–Kier alpha value is -0.980. The van der Waals surface area contributed by atoms with Crippen LogP contribution in [0.4, 0.5) is 8.78 Å². The molecule has 0 amide bonds. The zero-order valence-electron chi connectivity index (χ0n) is 10.1. The van der Waals surface area contributed by atoms with Crippen LogP contribution < -0.4 is 10.1 Å². The summed E-state index contributed by atoms with van der Waals surface area (Å²) >= 11 is 5.01. The Morgan fingerprint density at radius 3 is 2.58 bits per heavy atom. The van der Waals surface area contributed by atoms with Gasteiger partial charge in [-0.1, -0.05) is 18.2 Å². The number of hydrogen-bond acceptors (Lipinski definition) is 3. The predicted molar refractivity (Wildman–Crippen MR) is 76.0 cm³/mol. The third-order valence-corrected chi connectivity index (χ3v) is 4.58. The Labute approximate surface area is 122 Å². The average Bonchev–Trinajstić information content (AvgIpc) is 2.78. The van der Waals surface area contributed by atoms with Crippen molar-refractivity contribution in [3.63, 3.8) is 0 Å². The number of para-hydroxylation sites is 1. The van der Waals surface area contributed by atoms with Crippen LogP contribution in [0.2, 0.25) is 0 Å². The van der Waals surface area contributed by atoms with Gasteiger partial charge in [-0.3, -0.25) is 0 Å². The molecule has 0 aliphatic carbocycles. The van der Waals surface area contributed by atoms with Gasteiger partial charge in [0.1, 0.15) is 5.75 Å². The first-order valence-corrected chi connectivity index (χ1v) is 7.24. The molecule has 0 fully saturated rings. The molecule has 2 rings (SSSR count). The maximum Gasteiger partial charge on any atom is 0.387 e. The molecule has 0 aliphatic rings. The van der Waals surface area contributed by atoms with Gasteiger partial charge in [-0.05, 0) is 40.5 Å². The Kier molecular flexibility index (Phi) is 4.90. The van der Waals surface area contributed by atoms with Gasteiger partial charge in [0.05, 0.1) is 6.04 Å². The SMILES string of the molecule is CNC(c1ccccc1OC(F)F)c1sccc1Br. The highest BCUT2D eigenvalue weighted by atomic mass is 79.9. The molecule has 6 heteroatoms. The normalized spacial score (nSPS) is 12.7. The molecule has 2 aromatic rings. The van der Waals surface area contributed by atoms with Crippen molar-refractivity contribution in [2.24, 2.45) is 0 Å². The summed E-state index contributed by atoms with van der Waals surface area (Å²) in [4.78, 5) is 1.02. The van der Waals surface area contributed by atoms with E-state index in [9.17, 15) is 8.78 Å². The van der Waals surface area contributed by atoms with Crippen molar-refractivity contribution in [1.82, 2.24) is 5.32 Å². The van der Waals surface area contributed by atoms with Crippen molar-refractivity contribution >= 4 is 27.3 Å². The van der Waals surface area contributed by atoms with Crippen LogP contribution in [0.1, 0.15) is 16.5 Å². The third-order valence-electron chi connectivity index (χ3n) is 2.64. The second kappa shape index (κ2) is 6.45. The molecule has 2 nitrogen and oxygen atoms in total. The molecule has 0 radical (unpaired) electrons. The second-order valence-corrected chi connectivity index (χ2v) is 5.57. The lowest BCUT2D eigenvalue weighted by Crippen LogP contribution is -2.18. The molecule has 19 heavy (non-hydrogen) atoms. The Bertz CT molecular complexity index is 547. The number of nitrogens with one attached hydrogen (secondary N) is 1. The number of benzene rings is 1. The van der Waals surface area contributed by atoms with E-state index in [4.69, 9.17) is 0 Å². The van der Waals surface area contributed by atoms with E-state index in [2.05, 4.69) is 26.0 Å². The van der Waals surface area contributed by atoms with Gasteiger partial charge in [-0.2, -0.15) is 8.78 Å². The number of hydrogen-bond donors (Lipinski definition) is 1. The zero-order chi connectivity index (χ0) is 13.8. The molecule has 0 spiro atoms. The molecule has 0 bridgehead atoms. The van der Waals surface area contributed by atoms with Crippen molar-refractivity contribution in [2.45, 2.75) is 12.7 Å². The topological polar surface area (TPSA) is 21.3 Å². The van der Waals surface area contributed by atoms with Gasteiger partial charge in [0.15, 0.2) is 0 Å². The number of thiophene rings is 1. The average molecular weight is 348 g/mol. The molecule has 1 N–H and O–H groups in total. The highest BCUT2D eigenvalue weighted by molar-refractivity contribution is 9.10. The summed E-state index contributed by atoms with van der Waals surface area (Å²) in [7, 11) is 1.79. The van der Waals surface area contributed by atoms with Crippen LogP contribution in [0.25, 0.3) is 0 Å². The molecule has 0 saturated heterocycles. The molecule has 102 valence electrons. The second-order valence-electron chi connectivity index (χ2n) is 3.77. The first-order chi connectivity index (χ1) is 9.13. The van der Waals surface area contributed by atoms with Crippen molar-refractivity contribution in [2.75, 3.05) is 7.05 Å².